The van der Waals surface area contributed by atoms with Crippen molar-refractivity contribution in [2.45, 2.75) is 141 Å². The molecule has 8 aromatic carbocycles. The van der Waals surface area contributed by atoms with Crippen LogP contribution in [0.3, 0.4) is 0 Å². The number of rotatable bonds is 29. The number of hydrogen-bond acceptors (Lipinski definition) is 15. The number of aromatic carboxylic acids is 1. The van der Waals surface area contributed by atoms with E-state index in [1.807, 2.05) is 146 Å². The molecule has 115 heavy (non-hydrogen) atoms. The van der Waals surface area contributed by atoms with Crippen LogP contribution in [0.4, 0.5) is 27.1 Å². The molecule has 594 valence electrons. The molecule has 4 aliphatic rings. The maximum absolute atomic E-state index is 13.1. The van der Waals surface area contributed by atoms with E-state index in [4.69, 9.17) is 12.2 Å². The monoisotopic (exact) mass is 1550 g/mol. The fourth-order valence-electron chi connectivity index (χ4n) is 15.0. The first-order valence-electron chi connectivity index (χ1n) is 39.8. The number of nitrogens with zero attached hydrogens (tertiary/aromatic N) is 4. The van der Waals surface area contributed by atoms with Crippen LogP contribution in [0.5, 0.6) is 0 Å². The van der Waals surface area contributed by atoms with Gasteiger partial charge in [0.2, 0.25) is 23.6 Å². The van der Waals surface area contributed by atoms with Gasteiger partial charge in [0.25, 0.3) is 29.5 Å². The molecule has 4 aliphatic heterocycles. The number of halogens is 1. The molecular weight excluding hydrogens is 1460 g/mol. The molecule has 2 atom stereocenters. The number of carboxylic acid groups (broad SMARTS) is 1. The van der Waals surface area contributed by atoms with Gasteiger partial charge < -0.3 is 47.2 Å². The summed E-state index contributed by atoms with van der Waals surface area (Å²) in [6, 6.07) is 55.8. The van der Waals surface area contributed by atoms with Gasteiger partial charge in [-0.25, -0.2) is 4.79 Å². The molecule has 6 heterocycles. The van der Waals surface area contributed by atoms with Gasteiger partial charge in [-0.05, 0) is 187 Å². The number of fused-ring (bicyclic) bond motifs is 4. The Kier molecular flexibility index (Phi) is 28.8. The number of carboxylic acids is 1. The lowest BCUT2D eigenvalue weighted by Crippen LogP contribution is -2.52. The van der Waals surface area contributed by atoms with Crippen LogP contribution in [0.15, 0.2) is 194 Å². The Balaban J connectivity index is 0.000000185. The number of para-hydroxylation sites is 2. The van der Waals surface area contributed by atoms with Crippen LogP contribution in [-0.2, 0) is 45.1 Å². The van der Waals surface area contributed by atoms with Gasteiger partial charge in [0.1, 0.15) is 12.1 Å². The van der Waals surface area contributed by atoms with Gasteiger partial charge in [-0.3, -0.25) is 68.1 Å². The third kappa shape index (κ3) is 20.9. The van der Waals surface area contributed by atoms with E-state index in [2.05, 4.69) is 59.3 Å². The highest BCUT2D eigenvalue weighted by Gasteiger charge is 2.41. The van der Waals surface area contributed by atoms with E-state index in [9.17, 15) is 52.3 Å². The minimum Gasteiger partial charge on any atom is -0.478 e. The Labute approximate surface area is 669 Å². The van der Waals surface area contributed by atoms with Gasteiger partial charge in [-0.15, -0.1) is 0 Å². The number of carbonyl (C=O) groups is 10. The van der Waals surface area contributed by atoms with E-state index < -0.39 is 25.2 Å². The van der Waals surface area contributed by atoms with Crippen LogP contribution in [-0.4, -0.2) is 130 Å². The van der Waals surface area contributed by atoms with Gasteiger partial charge in [0.05, 0.1) is 47.6 Å². The number of aryl methyl sites for hydroxylation is 2. The summed E-state index contributed by atoms with van der Waals surface area (Å²) in [7, 11) is 2.18. The molecule has 10 aromatic rings. The molecule has 0 bridgehead atoms. The van der Waals surface area contributed by atoms with E-state index in [0.29, 0.717) is 71.7 Å². The minimum absolute atomic E-state index is 0.0943. The minimum atomic E-state index is -1.00. The van der Waals surface area contributed by atoms with Gasteiger partial charge in [0, 0.05) is 97.8 Å². The number of piperidine rings is 2. The van der Waals surface area contributed by atoms with Crippen molar-refractivity contribution in [3.63, 3.8) is 0 Å². The summed E-state index contributed by atoms with van der Waals surface area (Å²) in [6.45, 7) is 2.25. The molecule has 0 aliphatic carbocycles. The predicted molar refractivity (Wildman–Crippen MR) is 444 cm³/mol. The van der Waals surface area contributed by atoms with Crippen molar-refractivity contribution in [2.24, 2.45) is 5.73 Å². The summed E-state index contributed by atoms with van der Waals surface area (Å²) >= 11 is 0. The van der Waals surface area contributed by atoms with Crippen LogP contribution in [0.25, 0.3) is 44.1 Å². The summed E-state index contributed by atoms with van der Waals surface area (Å²) in [5.41, 5.74) is 21.2. The largest absolute Gasteiger partial charge is 0.478 e. The second kappa shape index (κ2) is 40.6. The number of hydrogen-bond donors (Lipinski definition) is 9. The molecule has 0 radical (unpaired) electrons. The van der Waals surface area contributed by atoms with Crippen molar-refractivity contribution in [1.82, 2.24) is 46.4 Å². The first-order valence-corrected chi connectivity index (χ1v) is 39.1. The quantitative estimate of drug-likeness (QED) is 0.0155. The Bertz CT molecular complexity index is 5210. The Morgan fingerprint density at radius 3 is 1.30 bits per heavy atom. The zero-order chi connectivity index (χ0) is 82.0. The SMILES string of the molecule is CNC(=O)c1cnc2ccc(-c3ccc(C(=O)NCCCCCCCCc4cccc5c4CN(C4CCC(=O)NC4=O)C5=O)cc3)cc2c1Nc1ccccc1.CNC(=O)c1cnc2ccc(-c3ccc(C(=O)O)cc3)cc2c1Nc1ccccc1.NCCCCCCCCc1cccc2c1CN(C1CCC(=O)NC1=O)C2=O.[2H]CF. The summed E-state index contributed by atoms with van der Waals surface area (Å²) in [5, 5.41) is 30.6. The molecule has 24 heteroatoms. The Hall–Kier alpha value is -12.8. The summed E-state index contributed by atoms with van der Waals surface area (Å²) < 4.78 is 15.5. The van der Waals surface area contributed by atoms with Gasteiger partial charge >= 0.3 is 5.97 Å². The Morgan fingerprint density at radius 1 is 0.496 bits per heavy atom. The topological polar surface area (TPSA) is 333 Å². The van der Waals surface area contributed by atoms with Crippen LogP contribution in [0, 0.1) is 0 Å². The van der Waals surface area contributed by atoms with Crippen LogP contribution in [0.2, 0.25) is 0 Å². The number of imide groups is 2. The number of carbonyl (C=O) groups excluding carboxylic acids is 9. The van der Waals surface area contributed by atoms with Gasteiger partial charge in [-0.1, -0.05) is 148 Å². The van der Waals surface area contributed by atoms with E-state index >= 15 is 0 Å². The maximum Gasteiger partial charge on any atom is 0.335 e. The van der Waals surface area contributed by atoms with Crippen molar-refractivity contribution < 1.29 is 58.8 Å². The van der Waals surface area contributed by atoms with E-state index in [1.165, 1.54) is 31.2 Å². The zero-order valence-corrected chi connectivity index (χ0v) is 64.7. The van der Waals surface area contributed by atoms with Crippen molar-refractivity contribution in [1.29, 1.82) is 0 Å². The smallest absolute Gasteiger partial charge is 0.335 e. The lowest BCUT2D eigenvalue weighted by molar-refractivity contribution is -0.138. The van der Waals surface area contributed by atoms with E-state index in [0.717, 1.165) is 143 Å². The highest BCUT2D eigenvalue weighted by atomic mass is 19.1. The lowest BCUT2D eigenvalue weighted by atomic mass is 9.98. The summed E-state index contributed by atoms with van der Waals surface area (Å²) in [5.74, 6) is -3.05. The highest BCUT2D eigenvalue weighted by molar-refractivity contribution is 6.11. The molecule has 9 amide bonds. The van der Waals surface area contributed by atoms with Crippen LogP contribution < -0.4 is 43.0 Å². The molecule has 0 saturated carbocycles. The highest BCUT2D eigenvalue weighted by Crippen LogP contribution is 2.37. The van der Waals surface area contributed by atoms with Crippen molar-refractivity contribution in [3.8, 4) is 22.3 Å². The standard InChI is InChI=1S/C45H46N6O5.C24H19N3O3.C21H29N3O3.CH3F/c1-46-43(54)36-27-48-38-22-21-32(26-35(38)41(36)49-33-14-8-6-9-15-33)29-17-19-31(20-18-29)42(53)47-25-10-5-3-2-4-7-12-30-13-11-16-34-37(30)28-51(45(34)56)39-23-24-40(52)50-44(39)55;1-25-23(28)20-14-26-21-12-11-17(15-7-9-16(10-8-15)24(29)30)13-19(21)22(20)27-18-5-3-2-4-6-18;22-13-6-4-2-1-3-5-8-15-9-7-10-16-17(15)14-24(21(16)27)18-11-12-19(25)23-20(18)26;1-2/h6,8-9,11,13-22,26-27,39H,2-5,7,10,12,23-25,28H2,1H3,(H,46,54)(H,47,53)(H,48,49)(H,50,52,55);2-14H,1H3,(H,25,28)(H,26,27)(H,29,30);7,9-10,18H,1-6,8,11-14,22H2,(H,23,25,26);1H3/i;;;1D. The van der Waals surface area contributed by atoms with Crippen molar-refractivity contribution in [2.75, 3.05) is 45.0 Å². The zero-order valence-electron chi connectivity index (χ0n) is 65.7. The molecule has 2 unspecified atom stereocenters. The third-order valence-electron chi connectivity index (χ3n) is 21.1. The number of unbranched alkanes of at least 4 members (excludes halogenated alkanes) is 10. The lowest BCUT2D eigenvalue weighted by Gasteiger charge is -2.29. The molecule has 14 rings (SSSR count). The fraction of sp³-hybridized carbons (Fsp3) is 0.297. The van der Waals surface area contributed by atoms with Crippen LogP contribution >= 0.6 is 0 Å². The van der Waals surface area contributed by atoms with Gasteiger partial charge in [-0.2, -0.15) is 0 Å². The number of aromatic nitrogens is 2. The predicted octanol–water partition coefficient (Wildman–Crippen LogP) is 14.7. The number of alkyl halides is 1. The molecule has 2 saturated heterocycles. The summed E-state index contributed by atoms with van der Waals surface area (Å²) in [4.78, 5) is 135. The van der Waals surface area contributed by atoms with Gasteiger partial charge in [0.15, 0.2) is 0 Å². The van der Waals surface area contributed by atoms with Crippen LogP contribution in [0.1, 0.15) is 189 Å². The van der Waals surface area contributed by atoms with E-state index in [1.54, 1.807) is 60.6 Å². The number of benzene rings is 8. The molecule has 2 aromatic heterocycles. The fourth-order valence-corrected chi connectivity index (χ4v) is 15.0. The molecule has 0 spiro atoms. The van der Waals surface area contributed by atoms with Crippen molar-refractivity contribution in [3.05, 3.63) is 250 Å². The number of pyridine rings is 2. The first-order chi connectivity index (χ1) is 56.4. The normalized spacial score (nSPS) is 14.8. The van der Waals surface area contributed by atoms with Crippen molar-refractivity contribution >= 4 is 104 Å². The first kappa shape index (κ1) is 81.7. The molecule has 10 N–H and O–H groups in total. The number of anilines is 4. The van der Waals surface area contributed by atoms with E-state index in [-0.39, 0.29) is 71.6 Å². The maximum atomic E-state index is 13.1. The Morgan fingerprint density at radius 2 is 0.896 bits per heavy atom. The second-order valence-electron chi connectivity index (χ2n) is 28.6. The number of nitrogens with two attached hydrogens (primary N) is 1. The second-order valence-corrected chi connectivity index (χ2v) is 28.6. The third-order valence-corrected chi connectivity index (χ3v) is 21.1. The average Bonchev–Trinajstić information content (AvgIpc) is 1.32. The summed E-state index contributed by atoms with van der Waals surface area (Å²) in [6.07, 6.45) is 19.5. The number of amides is 9. The molecule has 2 fully saturated rings. The average molecular weight is 1550 g/mol. The number of nitrogens with one attached hydrogen (secondary N) is 7. The molecular formula is C91H97FN12O11. The molecule has 23 nitrogen and oxygen atoms in total.